The standard InChI is InChI=1S/C10H9NO4/c12-8(13)5-10(15)6-3-1-2-4-7(6)11-9(10)14/h1-4,15H,5H2,(H,11,14)(H,12,13)/t10-/m1/s1. The first-order valence-electron chi connectivity index (χ1n) is 4.39. The Kier molecular flexibility index (Phi) is 1.97. The van der Waals surface area contributed by atoms with Crippen LogP contribution in [0, 0.1) is 0 Å². The number of aliphatic hydroxyl groups is 1. The molecule has 78 valence electrons. The molecule has 15 heavy (non-hydrogen) atoms. The number of rotatable bonds is 2. The van der Waals surface area contributed by atoms with Crippen molar-refractivity contribution in [1.29, 1.82) is 0 Å². The van der Waals surface area contributed by atoms with Crippen molar-refractivity contribution in [2.24, 2.45) is 0 Å². The molecule has 0 unspecified atom stereocenters. The van der Waals surface area contributed by atoms with Gasteiger partial charge in [0.1, 0.15) is 0 Å². The second-order valence-corrected chi connectivity index (χ2v) is 3.43. The topological polar surface area (TPSA) is 86.6 Å². The molecule has 0 fully saturated rings. The highest BCUT2D eigenvalue weighted by Gasteiger charge is 2.46. The number of carbonyl (C=O) groups is 2. The zero-order valence-corrected chi connectivity index (χ0v) is 7.73. The summed E-state index contributed by atoms with van der Waals surface area (Å²) in [6.45, 7) is 0. The Labute approximate surface area is 85.3 Å². The van der Waals surface area contributed by atoms with E-state index in [0.29, 0.717) is 11.3 Å². The quantitative estimate of drug-likeness (QED) is 0.651. The van der Waals surface area contributed by atoms with Gasteiger partial charge in [0.25, 0.3) is 5.91 Å². The summed E-state index contributed by atoms with van der Waals surface area (Å²) < 4.78 is 0. The molecule has 0 saturated heterocycles. The van der Waals surface area contributed by atoms with E-state index < -0.39 is 23.9 Å². The average Bonchev–Trinajstić information content (AvgIpc) is 2.39. The van der Waals surface area contributed by atoms with E-state index in [0.717, 1.165) is 0 Å². The van der Waals surface area contributed by atoms with Gasteiger partial charge in [-0.1, -0.05) is 18.2 Å². The largest absolute Gasteiger partial charge is 0.481 e. The summed E-state index contributed by atoms with van der Waals surface area (Å²) in [6.07, 6.45) is -0.629. The molecule has 5 heteroatoms. The molecular weight excluding hydrogens is 198 g/mol. The normalized spacial score (nSPS) is 23.4. The van der Waals surface area contributed by atoms with Crippen LogP contribution in [-0.4, -0.2) is 22.1 Å². The zero-order chi connectivity index (χ0) is 11.1. The van der Waals surface area contributed by atoms with Gasteiger partial charge < -0.3 is 15.5 Å². The van der Waals surface area contributed by atoms with Crippen molar-refractivity contribution in [3.63, 3.8) is 0 Å². The first-order chi connectivity index (χ1) is 7.04. The molecule has 0 saturated carbocycles. The SMILES string of the molecule is O=C(O)C[C@]1(O)C(=O)Nc2ccccc21. The third-order valence-corrected chi connectivity index (χ3v) is 2.40. The minimum absolute atomic E-state index is 0.317. The van der Waals surface area contributed by atoms with Crippen molar-refractivity contribution in [1.82, 2.24) is 0 Å². The van der Waals surface area contributed by atoms with Gasteiger partial charge in [-0.2, -0.15) is 0 Å². The number of amides is 1. The highest BCUT2D eigenvalue weighted by Crippen LogP contribution is 2.37. The number of carbonyl (C=O) groups excluding carboxylic acids is 1. The second-order valence-electron chi connectivity index (χ2n) is 3.43. The number of benzene rings is 1. The molecular formula is C10H9NO4. The molecule has 1 atom stereocenters. The molecule has 1 aromatic rings. The summed E-state index contributed by atoms with van der Waals surface area (Å²) in [5.41, 5.74) is -1.16. The lowest BCUT2D eigenvalue weighted by Gasteiger charge is -2.17. The van der Waals surface area contributed by atoms with Gasteiger partial charge in [0.2, 0.25) is 0 Å². The molecule has 0 aliphatic carbocycles. The van der Waals surface area contributed by atoms with Crippen molar-refractivity contribution in [2.45, 2.75) is 12.0 Å². The zero-order valence-electron chi connectivity index (χ0n) is 7.73. The first kappa shape index (κ1) is 9.67. The molecule has 2 rings (SSSR count). The summed E-state index contributed by atoms with van der Waals surface area (Å²) in [7, 11) is 0. The second kappa shape index (κ2) is 3.06. The van der Waals surface area contributed by atoms with Crippen LogP contribution < -0.4 is 5.32 Å². The Morgan fingerprint density at radius 3 is 2.73 bits per heavy atom. The first-order valence-corrected chi connectivity index (χ1v) is 4.39. The lowest BCUT2D eigenvalue weighted by molar-refractivity contribution is -0.149. The average molecular weight is 207 g/mol. The van der Waals surface area contributed by atoms with Crippen LogP contribution in [0.15, 0.2) is 24.3 Å². The minimum Gasteiger partial charge on any atom is -0.481 e. The molecule has 5 nitrogen and oxygen atoms in total. The van der Waals surface area contributed by atoms with Gasteiger partial charge in [0.15, 0.2) is 5.60 Å². The molecule has 1 aromatic carbocycles. The summed E-state index contributed by atoms with van der Waals surface area (Å²) in [6, 6.07) is 6.50. The number of para-hydroxylation sites is 1. The van der Waals surface area contributed by atoms with Crippen LogP contribution in [0.25, 0.3) is 0 Å². The van der Waals surface area contributed by atoms with Crippen LogP contribution in [-0.2, 0) is 15.2 Å². The van der Waals surface area contributed by atoms with Crippen LogP contribution in [0.5, 0.6) is 0 Å². The van der Waals surface area contributed by atoms with Crippen molar-refractivity contribution in [2.75, 3.05) is 5.32 Å². The summed E-state index contributed by atoms with van der Waals surface area (Å²) >= 11 is 0. The van der Waals surface area contributed by atoms with Crippen LogP contribution in [0.1, 0.15) is 12.0 Å². The van der Waals surface area contributed by atoms with Gasteiger partial charge in [0.05, 0.1) is 6.42 Å². The van der Waals surface area contributed by atoms with E-state index in [1.807, 2.05) is 0 Å². The number of hydrogen-bond acceptors (Lipinski definition) is 3. The van der Waals surface area contributed by atoms with Crippen molar-refractivity contribution in [3.05, 3.63) is 29.8 Å². The van der Waals surface area contributed by atoms with Crippen molar-refractivity contribution >= 4 is 17.6 Å². The number of fused-ring (bicyclic) bond motifs is 1. The van der Waals surface area contributed by atoms with E-state index in [4.69, 9.17) is 5.11 Å². The van der Waals surface area contributed by atoms with Gasteiger partial charge in [-0.05, 0) is 6.07 Å². The highest BCUT2D eigenvalue weighted by atomic mass is 16.4. The molecule has 3 N–H and O–H groups in total. The number of carboxylic acids is 1. The number of nitrogens with one attached hydrogen (secondary N) is 1. The van der Waals surface area contributed by atoms with E-state index in [-0.39, 0.29) is 0 Å². The van der Waals surface area contributed by atoms with Gasteiger partial charge in [-0.3, -0.25) is 9.59 Å². The van der Waals surface area contributed by atoms with Crippen LogP contribution in [0.3, 0.4) is 0 Å². The van der Waals surface area contributed by atoms with Crippen LogP contribution in [0.4, 0.5) is 5.69 Å². The maximum atomic E-state index is 11.5. The predicted octanol–water partition coefficient (Wildman–Crippen LogP) is 0.301. The Hall–Kier alpha value is -1.88. The van der Waals surface area contributed by atoms with Crippen molar-refractivity contribution in [3.8, 4) is 0 Å². The van der Waals surface area contributed by atoms with E-state index in [2.05, 4.69) is 5.32 Å². The minimum atomic E-state index is -1.94. The number of hydrogen-bond donors (Lipinski definition) is 3. The molecule has 0 aromatic heterocycles. The summed E-state index contributed by atoms with van der Waals surface area (Å²) in [4.78, 5) is 22.0. The number of anilines is 1. The predicted molar refractivity (Wildman–Crippen MR) is 51.2 cm³/mol. The van der Waals surface area contributed by atoms with Gasteiger partial charge >= 0.3 is 5.97 Å². The molecule has 1 heterocycles. The molecule has 0 spiro atoms. The number of aliphatic carboxylic acids is 1. The Bertz CT molecular complexity index is 443. The fourth-order valence-electron chi connectivity index (χ4n) is 1.70. The lowest BCUT2D eigenvalue weighted by atomic mass is 9.92. The monoisotopic (exact) mass is 207 g/mol. The molecule has 1 aliphatic rings. The van der Waals surface area contributed by atoms with Crippen molar-refractivity contribution < 1.29 is 19.8 Å². The Balaban J connectivity index is 2.49. The van der Waals surface area contributed by atoms with E-state index in [1.54, 1.807) is 18.2 Å². The van der Waals surface area contributed by atoms with E-state index in [1.165, 1.54) is 6.07 Å². The maximum absolute atomic E-state index is 11.5. The molecule has 0 bridgehead atoms. The Morgan fingerprint density at radius 1 is 1.40 bits per heavy atom. The third kappa shape index (κ3) is 1.37. The van der Waals surface area contributed by atoms with Gasteiger partial charge in [0, 0.05) is 11.3 Å². The fraction of sp³-hybridized carbons (Fsp3) is 0.200. The maximum Gasteiger partial charge on any atom is 0.307 e. The van der Waals surface area contributed by atoms with E-state index >= 15 is 0 Å². The fourth-order valence-corrected chi connectivity index (χ4v) is 1.70. The highest BCUT2D eigenvalue weighted by molar-refractivity contribution is 6.06. The third-order valence-electron chi connectivity index (χ3n) is 2.40. The van der Waals surface area contributed by atoms with Gasteiger partial charge in [-0.25, -0.2) is 0 Å². The number of carboxylic acid groups (broad SMARTS) is 1. The summed E-state index contributed by atoms with van der Waals surface area (Å²) in [5, 5.41) is 21.1. The summed E-state index contributed by atoms with van der Waals surface area (Å²) in [5.74, 6) is -1.91. The molecule has 1 amide bonds. The molecule has 0 radical (unpaired) electrons. The molecule has 1 aliphatic heterocycles. The van der Waals surface area contributed by atoms with Gasteiger partial charge in [-0.15, -0.1) is 0 Å². The lowest BCUT2D eigenvalue weighted by Crippen LogP contribution is -2.36. The van der Waals surface area contributed by atoms with Crippen LogP contribution in [0.2, 0.25) is 0 Å². The smallest absolute Gasteiger partial charge is 0.307 e. The Morgan fingerprint density at radius 2 is 2.07 bits per heavy atom. The van der Waals surface area contributed by atoms with E-state index in [9.17, 15) is 14.7 Å². The van der Waals surface area contributed by atoms with Crippen LogP contribution >= 0.6 is 0 Å².